The van der Waals surface area contributed by atoms with Crippen molar-refractivity contribution in [1.29, 1.82) is 5.26 Å². The number of furan rings is 1. The Morgan fingerprint density at radius 2 is 1.77 bits per heavy atom. The number of benzene rings is 2. The number of rotatable bonds is 2. The average Bonchev–Trinajstić information content (AvgIpc) is 3.07. The van der Waals surface area contributed by atoms with Crippen LogP contribution in [0, 0.1) is 18.3 Å². The summed E-state index contributed by atoms with van der Waals surface area (Å²) >= 11 is 0. The van der Waals surface area contributed by atoms with Gasteiger partial charge in [0.25, 0.3) is 0 Å². The standard InChI is InChI=1S/C20H14N4O2/c1-11-2-7-17(26-11)19-18(23-16(10-21)20(22)24-19)14-4-3-13-9-15(25)6-5-12(13)8-14/h2-9,25H,1H3,(H2,22,24). The molecule has 3 N–H and O–H groups in total. The molecule has 0 radical (unpaired) electrons. The largest absolute Gasteiger partial charge is 0.508 e. The Morgan fingerprint density at radius 3 is 2.50 bits per heavy atom. The third kappa shape index (κ3) is 2.62. The molecule has 126 valence electrons. The van der Waals surface area contributed by atoms with Crippen LogP contribution < -0.4 is 5.73 Å². The van der Waals surface area contributed by atoms with E-state index in [0.29, 0.717) is 17.1 Å². The van der Waals surface area contributed by atoms with Crippen LogP contribution in [0.3, 0.4) is 0 Å². The molecule has 0 fully saturated rings. The number of aryl methyl sites for hydroxylation is 1. The van der Waals surface area contributed by atoms with Gasteiger partial charge in [-0.2, -0.15) is 5.26 Å². The van der Waals surface area contributed by atoms with Gasteiger partial charge >= 0.3 is 0 Å². The summed E-state index contributed by atoms with van der Waals surface area (Å²) in [6, 6.07) is 16.4. The monoisotopic (exact) mass is 342 g/mol. The minimum absolute atomic E-state index is 0.0611. The van der Waals surface area contributed by atoms with Crippen LogP contribution >= 0.6 is 0 Å². The fourth-order valence-electron chi connectivity index (χ4n) is 2.85. The summed E-state index contributed by atoms with van der Waals surface area (Å²) in [7, 11) is 0. The number of fused-ring (bicyclic) bond motifs is 1. The van der Waals surface area contributed by atoms with E-state index in [1.54, 1.807) is 18.2 Å². The molecular formula is C20H14N4O2. The third-order valence-corrected chi connectivity index (χ3v) is 4.10. The van der Waals surface area contributed by atoms with Crippen molar-refractivity contribution in [3.05, 3.63) is 60.0 Å². The molecule has 2 heterocycles. The molecule has 26 heavy (non-hydrogen) atoms. The third-order valence-electron chi connectivity index (χ3n) is 4.10. The minimum Gasteiger partial charge on any atom is -0.508 e. The van der Waals surface area contributed by atoms with Crippen LogP contribution in [0.2, 0.25) is 0 Å². The lowest BCUT2D eigenvalue weighted by molar-refractivity contribution is 0.476. The van der Waals surface area contributed by atoms with E-state index in [2.05, 4.69) is 9.97 Å². The molecule has 2 aromatic heterocycles. The summed E-state index contributed by atoms with van der Waals surface area (Å²) in [5.74, 6) is 1.54. The molecule has 0 spiro atoms. The first-order valence-electron chi connectivity index (χ1n) is 7.93. The average molecular weight is 342 g/mol. The number of phenolic OH excluding ortho intramolecular Hbond substituents is 1. The van der Waals surface area contributed by atoms with Crippen molar-refractivity contribution < 1.29 is 9.52 Å². The summed E-state index contributed by atoms with van der Waals surface area (Å²) < 4.78 is 5.69. The van der Waals surface area contributed by atoms with Gasteiger partial charge in [-0.15, -0.1) is 0 Å². The predicted molar refractivity (Wildman–Crippen MR) is 98.2 cm³/mol. The highest BCUT2D eigenvalue weighted by molar-refractivity contribution is 5.90. The van der Waals surface area contributed by atoms with Crippen molar-refractivity contribution >= 4 is 16.6 Å². The maximum absolute atomic E-state index is 9.63. The second-order valence-corrected chi connectivity index (χ2v) is 5.92. The van der Waals surface area contributed by atoms with Gasteiger partial charge in [-0.1, -0.05) is 18.2 Å². The maximum atomic E-state index is 9.63. The van der Waals surface area contributed by atoms with Gasteiger partial charge in [-0.05, 0) is 48.0 Å². The highest BCUT2D eigenvalue weighted by Gasteiger charge is 2.18. The van der Waals surface area contributed by atoms with E-state index in [4.69, 9.17) is 10.2 Å². The SMILES string of the molecule is Cc1ccc(-c2nc(N)c(C#N)nc2-c2ccc3cc(O)ccc3c2)o1. The summed E-state index contributed by atoms with van der Waals surface area (Å²) in [5, 5.41) is 20.7. The molecule has 0 aliphatic heterocycles. The van der Waals surface area contributed by atoms with Crippen LogP contribution in [-0.2, 0) is 0 Å². The van der Waals surface area contributed by atoms with Crippen LogP contribution in [0.1, 0.15) is 11.5 Å². The number of nitrogens with zero attached hydrogens (tertiary/aromatic N) is 3. The van der Waals surface area contributed by atoms with E-state index >= 15 is 0 Å². The lowest BCUT2D eigenvalue weighted by atomic mass is 10.0. The number of anilines is 1. The first kappa shape index (κ1) is 15.7. The molecular weight excluding hydrogens is 328 g/mol. The molecule has 2 aromatic carbocycles. The first-order chi connectivity index (χ1) is 12.5. The van der Waals surface area contributed by atoms with E-state index in [0.717, 1.165) is 22.1 Å². The Hall–Kier alpha value is -3.85. The Balaban J connectivity index is 1.97. The molecule has 0 saturated heterocycles. The Labute approximate surface area is 149 Å². The molecule has 4 rings (SSSR count). The second kappa shape index (κ2) is 5.90. The van der Waals surface area contributed by atoms with E-state index in [1.165, 1.54) is 0 Å². The van der Waals surface area contributed by atoms with Crippen LogP contribution in [0.4, 0.5) is 5.82 Å². The molecule has 0 saturated carbocycles. The molecule has 4 aromatic rings. The highest BCUT2D eigenvalue weighted by Crippen LogP contribution is 2.33. The van der Waals surface area contributed by atoms with Gasteiger partial charge in [0.2, 0.25) is 0 Å². The quantitative estimate of drug-likeness (QED) is 0.569. The zero-order valence-corrected chi connectivity index (χ0v) is 13.9. The van der Waals surface area contributed by atoms with Crippen LogP contribution in [0.15, 0.2) is 52.9 Å². The maximum Gasteiger partial charge on any atom is 0.183 e. The van der Waals surface area contributed by atoms with Crippen LogP contribution in [0.25, 0.3) is 33.5 Å². The molecule has 0 aliphatic carbocycles. The Kier molecular flexibility index (Phi) is 3.55. The van der Waals surface area contributed by atoms with Crippen molar-refractivity contribution in [2.75, 3.05) is 5.73 Å². The zero-order valence-electron chi connectivity index (χ0n) is 13.9. The molecule has 6 nitrogen and oxygen atoms in total. The summed E-state index contributed by atoms with van der Waals surface area (Å²) in [4.78, 5) is 8.77. The van der Waals surface area contributed by atoms with E-state index in [-0.39, 0.29) is 17.3 Å². The molecule has 0 atom stereocenters. The fourth-order valence-corrected chi connectivity index (χ4v) is 2.85. The summed E-state index contributed by atoms with van der Waals surface area (Å²) in [5.41, 5.74) is 7.70. The first-order valence-corrected chi connectivity index (χ1v) is 7.93. The lowest BCUT2D eigenvalue weighted by Gasteiger charge is -2.10. The van der Waals surface area contributed by atoms with Crippen LogP contribution in [-0.4, -0.2) is 15.1 Å². The number of aromatic hydroxyl groups is 1. The van der Waals surface area contributed by atoms with E-state index < -0.39 is 0 Å². The molecule has 0 aliphatic rings. The molecule has 0 unspecified atom stereocenters. The highest BCUT2D eigenvalue weighted by atomic mass is 16.3. The molecule has 0 bridgehead atoms. The van der Waals surface area contributed by atoms with Crippen LogP contribution in [0.5, 0.6) is 5.75 Å². The van der Waals surface area contributed by atoms with Crippen molar-refractivity contribution in [1.82, 2.24) is 9.97 Å². The van der Waals surface area contributed by atoms with Crippen molar-refractivity contribution in [2.24, 2.45) is 0 Å². The van der Waals surface area contributed by atoms with Crippen molar-refractivity contribution in [3.63, 3.8) is 0 Å². The number of nitriles is 1. The normalized spacial score (nSPS) is 10.8. The molecule has 6 heteroatoms. The predicted octanol–water partition coefficient (Wildman–Crippen LogP) is 4.02. The number of hydrogen-bond acceptors (Lipinski definition) is 6. The zero-order chi connectivity index (χ0) is 18.3. The van der Waals surface area contributed by atoms with Crippen molar-refractivity contribution in [2.45, 2.75) is 6.92 Å². The van der Waals surface area contributed by atoms with Gasteiger partial charge < -0.3 is 15.3 Å². The fraction of sp³-hybridized carbons (Fsp3) is 0.0500. The number of nitrogen functional groups attached to an aromatic ring is 1. The van der Waals surface area contributed by atoms with Gasteiger partial charge in [0, 0.05) is 5.56 Å². The number of aromatic nitrogens is 2. The minimum atomic E-state index is 0.0611. The van der Waals surface area contributed by atoms with Gasteiger partial charge in [0.05, 0.1) is 0 Å². The van der Waals surface area contributed by atoms with Gasteiger partial charge in [0.1, 0.15) is 29.0 Å². The Morgan fingerprint density at radius 1 is 1.00 bits per heavy atom. The topological polar surface area (TPSA) is 109 Å². The lowest BCUT2D eigenvalue weighted by Crippen LogP contribution is -2.02. The Bertz CT molecular complexity index is 1190. The van der Waals surface area contributed by atoms with Gasteiger partial charge in [-0.25, -0.2) is 9.97 Å². The van der Waals surface area contributed by atoms with Gasteiger partial charge in [0.15, 0.2) is 17.3 Å². The van der Waals surface area contributed by atoms with E-state index in [9.17, 15) is 10.4 Å². The van der Waals surface area contributed by atoms with Crippen molar-refractivity contribution in [3.8, 4) is 34.5 Å². The number of phenols is 1. The number of hydrogen-bond donors (Lipinski definition) is 2. The van der Waals surface area contributed by atoms with Gasteiger partial charge in [-0.3, -0.25) is 0 Å². The smallest absolute Gasteiger partial charge is 0.183 e. The summed E-state index contributed by atoms with van der Waals surface area (Å²) in [6.07, 6.45) is 0. The second-order valence-electron chi connectivity index (χ2n) is 5.92. The molecule has 0 amide bonds. The van der Waals surface area contributed by atoms with E-state index in [1.807, 2.05) is 43.3 Å². The summed E-state index contributed by atoms with van der Waals surface area (Å²) in [6.45, 7) is 1.84. The number of nitrogens with two attached hydrogens (primary N) is 1.